The van der Waals surface area contributed by atoms with Gasteiger partial charge in [0.1, 0.15) is 0 Å². The first kappa shape index (κ1) is 20.6. The van der Waals surface area contributed by atoms with Crippen LogP contribution in [0.3, 0.4) is 0 Å². The molecule has 0 amide bonds. The second-order valence-corrected chi connectivity index (χ2v) is 8.65. The summed E-state index contributed by atoms with van der Waals surface area (Å²) in [5.41, 5.74) is 0.899. The van der Waals surface area contributed by atoms with Crippen molar-refractivity contribution in [1.82, 2.24) is 15.1 Å². The predicted octanol–water partition coefficient (Wildman–Crippen LogP) is 4.46. The van der Waals surface area contributed by atoms with E-state index in [1.54, 1.807) is 0 Å². The molecule has 1 aromatic heterocycles. The first-order chi connectivity index (χ1) is 13.1. The van der Waals surface area contributed by atoms with E-state index >= 15 is 0 Å². The van der Waals surface area contributed by atoms with E-state index in [1.807, 2.05) is 35.6 Å². The minimum atomic E-state index is 0.191. The van der Waals surface area contributed by atoms with E-state index in [0.717, 1.165) is 38.4 Å². The number of thiophene rings is 1. The molecule has 0 spiro atoms. The van der Waals surface area contributed by atoms with Crippen molar-refractivity contribution in [3.8, 4) is 0 Å². The number of piperazine rings is 1. The van der Waals surface area contributed by atoms with Crippen LogP contribution in [-0.4, -0.2) is 53.7 Å². The Morgan fingerprint density at radius 1 is 1.22 bits per heavy atom. The summed E-state index contributed by atoms with van der Waals surface area (Å²) in [6.45, 7) is 9.97. The highest BCUT2D eigenvalue weighted by Gasteiger charge is 2.30. The summed E-state index contributed by atoms with van der Waals surface area (Å²) in [6.07, 6.45) is 0. The lowest BCUT2D eigenvalue weighted by molar-refractivity contribution is 0.0883. The Balaban J connectivity index is 1.66. The fourth-order valence-corrected chi connectivity index (χ4v) is 5.04. The normalized spacial score (nSPS) is 18.0. The van der Waals surface area contributed by atoms with E-state index in [2.05, 4.69) is 51.8 Å². The SMILES string of the molecule is CCN1CCN([C@@H](c2cccs2)[C@H](C)NC(=S)Nc2cccc(Cl)c2)CC1. The molecule has 1 aliphatic rings. The first-order valence-corrected chi connectivity index (χ1v) is 11.1. The third kappa shape index (κ3) is 5.65. The maximum Gasteiger partial charge on any atom is 0.171 e. The zero-order chi connectivity index (χ0) is 19.2. The minimum absolute atomic E-state index is 0.191. The molecule has 27 heavy (non-hydrogen) atoms. The van der Waals surface area contributed by atoms with Crippen molar-refractivity contribution in [2.24, 2.45) is 0 Å². The molecular formula is C20H27ClN4S2. The molecule has 146 valence electrons. The highest BCUT2D eigenvalue weighted by molar-refractivity contribution is 7.80. The molecule has 3 rings (SSSR count). The second kappa shape index (κ2) is 9.85. The van der Waals surface area contributed by atoms with Gasteiger partial charge in [-0.15, -0.1) is 11.3 Å². The Labute approximate surface area is 176 Å². The second-order valence-electron chi connectivity index (χ2n) is 6.83. The van der Waals surface area contributed by atoms with Gasteiger partial charge in [-0.2, -0.15) is 0 Å². The molecular weight excluding hydrogens is 396 g/mol. The zero-order valence-corrected chi connectivity index (χ0v) is 18.2. The van der Waals surface area contributed by atoms with Gasteiger partial charge >= 0.3 is 0 Å². The summed E-state index contributed by atoms with van der Waals surface area (Å²) in [7, 11) is 0. The van der Waals surface area contributed by atoms with Gasteiger partial charge in [0.2, 0.25) is 0 Å². The van der Waals surface area contributed by atoms with E-state index in [4.69, 9.17) is 23.8 Å². The van der Waals surface area contributed by atoms with Gasteiger partial charge in [0.05, 0.1) is 6.04 Å². The van der Waals surface area contributed by atoms with Crippen LogP contribution in [0, 0.1) is 0 Å². The standard InChI is InChI=1S/C20H27ClN4S2/c1-3-24-9-11-25(12-10-24)19(18-8-5-13-27-18)15(2)22-20(26)23-17-7-4-6-16(21)14-17/h4-8,13-15,19H,3,9-12H2,1-2H3,(H2,22,23,26)/t15-,19+/m0/s1. The number of anilines is 1. The summed E-state index contributed by atoms with van der Waals surface area (Å²) >= 11 is 13.4. The summed E-state index contributed by atoms with van der Waals surface area (Å²) in [6, 6.07) is 12.5. The van der Waals surface area contributed by atoms with Gasteiger partial charge in [-0.25, -0.2) is 0 Å². The monoisotopic (exact) mass is 422 g/mol. The van der Waals surface area contributed by atoms with Crippen LogP contribution in [0.1, 0.15) is 24.8 Å². The Hall–Kier alpha value is -1.18. The Morgan fingerprint density at radius 3 is 2.63 bits per heavy atom. The Kier molecular flexibility index (Phi) is 7.49. The van der Waals surface area contributed by atoms with Gasteiger partial charge in [-0.3, -0.25) is 4.90 Å². The van der Waals surface area contributed by atoms with Crippen LogP contribution >= 0.6 is 35.2 Å². The molecule has 0 aliphatic carbocycles. The van der Waals surface area contributed by atoms with Crippen molar-refractivity contribution in [1.29, 1.82) is 0 Å². The highest BCUT2D eigenvalue weighted by Crippen LogP contribution is 2.29. The molecule has 2 heterocycles. The molecule has 2 atom stereocenters. The zero-order valence-electron chi connectivity index (χ0n) is 15.8. The van der Waals surface area contributed by atoms with Gasteiger partial charge in [0.25, 0.3) is 0 Å². The quantitative estimate of drug-likeness (QED) is 0.671. The van der Waals surface area contributed by atoms with Crippen LogP contribution in [0.15, 0.2) is 41.8 Å². The average molecular weight is 423 g/mol. The number of benzene rings is 1. The molecule has 1 aromatic carbocycles. The fourth-order valence-electron chi connectivity index (χ4n) is 3.58. The van der Waals surface area contributed by atoms with Crippen LogP contribution in [-0.2, 0) is 0 Å². The van der Waals surface area contributed by atoms with Gasteiger partial charge in [-0.1, -0.05) is 30.7 Å². The van der Waals surface area contributed by atoms with Crippen molar-refractivity contribution in [3.05, 3.63) is 51.7 Å². The number of rotatable bonds is 6. The van der Waals surface area contributed by atoms with Crippen molar-refractivity contribution in [2.75, 3.05) is 38.0 Å². The molecule has 4 nitrogen and oxygen atoms in total. The third-order valence-electron chi connectivity index (χ3n) is 5.00. The molecule has 2 N–H and O–H groups in total. The van der Waals surface area contributed by atoms with Gasteiger partial charge in [0.15, 0.2) is 5.11 Å². The molecule has 1 saturated heterocycles. The maximum absolute atomic E-state index is 6.06. The molecule has 1 fully saturated rings. The predicted molar refractivity (Wildman–Crippen MR) is 121 cm³/mol. The van der Waals surface area contributed by atoms with Crippen molar-refractivity contribution < 1.29 is 0 Å². The van der Waals surface area contributed by atoms with E-state index in [1.165, 1.54) is 4.88 Å². The smallest absolute Gasteiger partial charge is 0.171 e. The highest BCUT2D eigenvalue weighted by atomic mass is 35.5. The molecule has 0 radical (unpaired) electrons. The van der Waals surface area contributed by atoms with Crippen LogP contribution in [0.5, 0.6) is 0 Å². The van der Waals surface area contributed by atoms with E-state index in [9.17, 15) is 0 Å². The number of nitrogens with one attached hydrogen (secondary N) is 2. The van der Waals surface area contributed by atoms with Crippen molar-refractivity contribution in [3.63, 3.8) is 0 Å². The Bertz CT molecular complexity index is 729. The van der Waals surface area contributed by atoms with Gasteiger partial charge in [0, 0.05) is 47.8 Å². The fraction of sp³-hybridized carbons (Fsp3) is 0.450. The maximum atomic E-state index is 6.06. The van der Waals surface area contributed by atoms with Crippen LogP contribution < -0.4 is 10.6 Å². The topological polar surface area (TPSA) is 30.5 Å². The van der Waals surface area contributed by atoms with Crippen LogP contribution in [0.2, 0.25) is 5.02 Å². The summed E-state index contributed by atoms with van der Waals surface area (Å²) in [5.74, 6) is 0. The minimum Gasteiger partial charge on any atom is -0.358 e. The van der Waals surface area contributed by atoms with E-state index in [-0.39, 0.29) is 6.04 Å². The molecule has 7 heteroatoms. The van der Waals surface area contributed by atoms with Crippen LogP contribution in [0.25, 0.3) is 0 Å². The number of likely N-dealkylation sites (N-methyl/N-ethyl adjacent to an activating group) is 1. The lowest BCUT2D eigenvalue weighted by atomic mass is 10.1. The molecule has 1 aliphatic heterocycles. The molecule has 2 aromatic rings. The summed E-state index contributed by atoms with van der Waals surface area (Å²) in [5, 5.41) is 10.2. The number of nitrogens with zero attached hydrogens (tertiary/aromatic N) is 2. The molecule has 0 bridgehead atoms. The van der Waals surface area contributed by atoms with Crippen molar-refractivity contribution in [2.45, 2.75) is 25.9 Å². The molecule has 0 unspecified atom stereocenters. The number of hydrogen-bond donors (Lipinski definition) is 2. The summed E-state index contributed by atoms with van der Waals surface area (Å²) in [4.78, 5) is 6.47. The number of halogens is 1. The first-order valence-electron chi connectivity index (χ1n) is 9.39. The Morgan fingerprint density at radius 2 is 2.00 bits per heavy atom. The largest absolute Gasteiger partial charge is 0.358 e. The number of thiocarbonyl (C=S) groups is 1. The third-order valence-corrected chi connectivity index (χ3v) is 6.40. The number of hydrogen-bond acceptors (Lipinski definition) is 4. The van der Waals surface area contributed by atoms with Crippen molar-refractivity contribution >= 4 is 46.0 Å². The average Bonchev–Trinajstić information content (AvgIpc) is 3.16. The summed E-state index contributed by atoms with van der Waals surface area (Å²) < 4.78 is 0. The van der Waals surface area contributed by atoms with Gasteiger partial charge in [-0.05, 0) is 55.3 Å². The molecule has 0 saturated carbocycles. The lowest BCUT2D eigenvalue weighted by Gasteiger charge is -2.41. The van der Waals surface area contributed by atoms with E-state index < -0.39 is 0 Å². The van der Waals surface area contributed by atoms with E-state index in [0.29, 0.717) is 16.2 Å². The van der Waals surface area contributed by atoms with Crippen LogP contribution in [0.4, 0.5) is 5.69 Å². The van der Waals surface area contributed by atoms with Gasteiger partial charge < -0.3 is 15.5 Å². The lowest BCUT2D eigenvalue weighted by Crippen LogP contribution is -2.52.